The van der Waals surface area contributed by atoms with E-state index >= 15 is 0 Å². The summed E-state index contributed by atoms with van der Waals surface area (Å²) < 4.78 is 11.2. The van der Waals surface area contributed by atoms with E-state index in [4.69, 9.17) is 4.63 Å². The number of aromatic nitrogens is 2. The Kier molecular flexibility index (Phi) is 6.05. The van der Waals surface area contributed by atoms with Crippen molar-refractivity contribution in [2.24, 2.45) is 0 Å². The first-order valence-electron chi connectivity index (χ1n) is 11.8. The molecule has 0 N–H and O–H groups in total. The van der Waals surface area contributed by atoms with Crippen LogP contribution in [0.4, 0.5) is 0 Å². The second-order valence-electron chi connectivity index (χ2n) is 11.4. The van der Waals surface area contributed by atoms with Crippen LogP contribution in [0.1, 0.15) is 11.1 Å². The van der Waals surface area contributed by atoms with E-state index in [1.165, 1.54) is 50.8 Å². The van der Waals surface area contributed by atoms with Crippen molar-refractivity contribution in [3.8, 4) is 19.5 Å². The normalized spacial score (nSPS) is 13.1. The van der Waals surface area contributed by atoms with Gasteiger partial charge < -0.3 is 0 Å². The minimum atomic E-state index is -2.12. The summed E-state index contributed by atoms with van der Waals surface area (Å²) >= 11 is 3.60. The molecule has 0 atom stereocenters. The molecule has 9 heteroatoms. The van der Waals surface area contributed by atoms with Crippen LogP contribution in [0, 0.1) is 13.8 Å². The Morgan fingerprint density at radius 2 is 1.00 bits per heavy atom. The molecule has 0 aliphatic carbocycles. The monoisotopic (exact) mass is 752 g/mol. The molecule has 0 radical (unpaired) electrons. The number of hydrogen-bond acceptors (Lipinski definition) is 7. The Bertz CT molecular complexity index is 1620. The number of nitrogens with zero attached hydrogens (tertiary/aromatic N) is 2. The van der Waals surface area contributed by atoms with Crippen LogP contribution < -0.4 is 5.79 Å². The summed E-state index contributed by atoms with van der Waals surface area (Å²) in [5.74, 6) is 0. The van der Waals surface area contributed by atoms with Gasteiger partial charge in [0.05, 0.1) is 0 Å². The van der Waals surface area contributed by atoms with Gasteiger partial charge >= 0.3 is 232 Å². The predicted octanol–water partition coefficient (Wildman–Crippen LogP) is 8.82. The maximum absolute atomic E-state index is 5.29. The molecule has 1 aromatic carbocycles. The Balaban J connectivity index is 1.59. The van der Waals surface area contributed by atoms with Crippen molar-refractivity contribution in [2.75, 3.05) is 0 Å². The third-order valence-corrected chi connectivity index (χ3v) is 30.6. The fourth-order valence-electron chi connectivity index (χ4n) is 4.43. The third kappa shape index (κ3) is 4.16. The molecule has 35 heavy (non-hydrogen) atoms. The van der Waals surface area contributed by atoms with E-state index in [9.17, 15) is 0 Å². The predicted molar refractivity (Wildman–Crippen MR) is 165 cm³/mol. The molecule has 5 aromatic heterocycles. The molecule has 0 amide bonds. The Morgan fingerprint density at radius 3 is 1.34 bits per heavy atom. The van der Waals surface area contributed by atoms with Gasteiger partial charge in [-0.3, -0.25) is 0 Å². The van der Waals surface area contributed by atoms with Gasteiger partial charge in [0.15, 0.2) is 0 Å². The number of benzene rings is 1. The summed E-state index contributed by atoms with van der Waals surface area (Å²) in [5, 5.41) is 11.1. The van der Waals surface area contributed by atoms with E-state index in [0.717, 1.165) is 11.0 Å². The number of aryl methyl sites for hydroxylation is 2. The topological polar surface area (TPSA) is 38.9 Å². The van der Waals surface area contributed by atoms with Crippen LogP contribution in [0.5, 0.6) is 0 Å². The first-order valence-corrected chi connectivity index (χ1v) is 35.0. The van der Waals surface area contributed by atoms with Gasteiger partial charge in [0, 0.05) is 0 Å². The zero-order valence-corrected chi connectivity index (χ0v) is 30.2. The van der Waals surface area contributed by atoms with Crippen molar-refractivity contribution in [1.82, 2.24) is 10.3 Å². The molecular formula is C26H28N2OS4Sn2. The van der Waals surface area contributed by atoms with Crippen LogP contribution in [0.2, 0.25) is 29.6 Å². The van der Waals surface area contributed by atoms with Crippen LogP contribution in [0.15, 0.2) is 28.9 Å². The zero-order valence-electron chi connectivity index (χ0n) is 21.2. The van der Waals surface area contributed by atoms with Crippen LogP contribution >= 0.6 is 45.3 Å². The molecule has 180 valence electrons. The van der Waals surface area contributed by atoms with Crippen LogP contribution in [-0.2, 0) is 0 Å². The van der Waals surface area contributed by atoms with E-state index in [1.54, 1.807) is 5.79 Å². The van der Waals surface area contributed by atoms with Crippen molar-refractivity contribution < 1.29 is 4.63 Å². The molecule has 0 unspecified atom stereocenters. The van der Waals surface area contributed by atoms with E-state index in [-0.39, 0.29) is 0 Å². The fraction of sp³-hybridized carbons (Fsp3) is 0.308. The van der Waals surface area contributed by atoms with Gasteiger partial charge in [-0.05, 0) is 0 Å². The molecule has 0 spiro atoms. The molecule has 3 nitrogen and oxygen atoms in total. The van der Waals surface area contributed by atoms with Crippen molar-refractivity contribution >= 4 is 119 Å². The number of fused-ring (bicyclic) bond motifs is 6. The molecule has 0 bridgehead atoms. The second kappa shape index (κ2) is 8.52. The van der Waals surface area contributed by atoms with Gasteiger partial charge in [0.25, 0.3) is 0 Å². The summed E-state index contributed by atoms with van der Waals surface area (Å²) in [5.41, 5.74) is 4.57. The first kappa shape index (κ1) is 24.9. The molecule has 0 saturated carbocycles. The summed E-state index contributed by atoms with van der Waals surface area (Å²) in [4.78, 5) is 20.5. The average molecular weight is 750 g/mol. The summed E-state index contributed by atoms with van der Waals surface area (Å²) in [6.45, 7) is 4.53. The quantitative estimate of drug-likeness (QED) is 0.169. The number of thiophene rings is 4. The van der Waals surface area contributed by atoms with Crippen molar-refractivity contribution in [3.05, 3.63) is 35.4 Å². The van der Waals surface area contributed by atoms with Crippen LogP contribution in [0.3, 0.4) is 0 Å². The minimum absolute atomic E-state index is 0.887. The fourth-order valence-corrected chi connectivity index (χ4v) is 20.4. The summed E-state index contributed by atoms with van der Waals surface area (Å²) in [7, 11) is 0. The third-order valence-electron chi connectivity index (χ3n) is 6.43. The Morgan fingerprint density at radius 1 is 0.600 bits per heavy atom. The second-order valence-corrected chi connectivity index (χ2v) is 46.5. The molecule has 0 fully saturated rings. The van der Waals surface area contributed by atoms with Crippen molar-refractivity contribution in [3.63, 3.8) is 0 Å². The van der Waals surface area contributed by atoms with E-state index in [0.29, 0.717) is 0 Å². The maximum atomic E-state index is 5.29. The van der Waals surface area contributed by atoms with Gasteiger partial charge in [-0.1, -0.05) is 0 Å². The first-order chi connectivity index (χ1) is 16.4. The molecule has 0 saturated heterocycles. The molecule has 0 aliphatic rings. The van der Waals surface area contributed by atoms with E-state index in [1.807, 2.05) is 45.3 Å². The van der Waals surface area contributed by atoms with Crippen molar-refractivity contribution in [1.29, 1.82) is 0 Å². The zero-order chi connectivity index (χ0) is 24.9. The standard InChI is InChI=1S/C20H10N2OS4.6CH3.2Sn/c1-9-3-5-24-17(9)13-7-11-15-16(22-23-21-15)12-8-14(18-10(2)4-6-25-18)27-20(12)19(11)26-13;;;;;;;;/h3-4,7-8H,1-2H3;6*1H3;;. The van der Waals surface area contributed by atoms with Gasteiger partial charge in [0.1, 0.15) is 0 Å². The van der Waals surface area contributed by atoms with Crippen LogP contribution in [0.25, 0.3) is 50.7 Å². The summed E-state index contributed by atoms with van der Waals surface area (Å²) in [6.07, 6.45) is 0. The number of hydrogen-bond donors (Lipinski definition) is 0. The Hall–Kier alpha value is -0.463. The molecule has 5 heterocycles. The SMILES string of the molecule is Cc1c[c]([Sn]([CH3])([CH3])[CH3])sc1-c1cc2c3nonc3c3cc(-c4s[c]([Sn]([CH3])([CH3])[CH3])cc4C)sc3c2s1. The van der Waals surface area contributed by atoms with Gasteiger partial charge in [-0.2, -0.15) is 0 Å². The molecule has 6 rings (SSSR count). The van der Waals surface area contributed by atoms with Gasteiger partial charge in [-0.25, -0.2) is 0 Å². The van der Waals surface area contributed by atoms with Gasteiger partial charge in [0.2, 0.25) is 0 Å². The molecule has 0 aliphatic heterocycles. The van der Waals surface area contributed by atoms with E-state index < -0.39 is 36.8 Å². The molecular weight excluding hydrogens is 722 g/mol. The van der Waals surface area contributed by atoms with E-state index in [2.05, 4.69) is 78.1 Å². The Labute approximate surface area is 229 Å². The van der Waals surface area contributed by atoms with Crippen molar-refractivity contribution in [2.45, 2.75) is 43.5 Å². The average Bonchev–Trinajstić information content (AvgIpc) is 3.53. The number of rotatable bonds is 4. The van der Waals surface area contributed by atoms with Gasteiger partial charge in [-0.15, -0.1) is 0 Å². The molecule has 6 aromatic rings. The summed E-state index contributed by atoms with van der Waals surface area (Å²) in [6, 6.07) is 9.55. The van der Waals surface area contributed by atoms with Crippen LogP contribution in [-0.4, -0.2) is 47.1 Å².